The summed E-state index contributed by atoms with van der Waals surface area (Å²) in [5.74, 6) is 1.28. The molecule has 1 aliphatic rings. The third kappa shape index (κ3) is 3.61. The van der Waals surface area contributed by atoms with Crippen LogP contribution in [0, 0.1) is 0 Å². The van der Waals surface area contributed by atoms with Crippen LogP contribution in [0.15, 0.2) is 30.7 Å². The minimum atomic E-state index is -0.0915. The van der Waals surface area contributed by atoms with Gasteiger partial charge < -0.3 is 19.1 Å². The molecule has 25 heavy (non-hydrogen) atoms. The molecule has 0 aliphatic carbocycles. The molecule has 0 saturated carbocycles. The maximum atomic E-state index is 12.7. The molecule has 0 bridgehead atoms. The van der Waals surface area contributed by atoms with Gasteiger partial charge in [-0.05, 0) is 31.0 Å². The Bertz CT molecular complexity index is 738. The first kappa shape index (κ1) is 17.3. The normalized spacial score (nSPS) is 15.0. The lowest BCUT2D eigenvalue weighted by Gasteiger charge is -2.30. The second kappa shape index (κ2) is 7.57. The minimum absolute atomic E-state index is 0.0915. The van der Waals surface area contributed by atoms with Crippen LogP contribution in [0.3, 0.4) is 0 Å². The summed E-state index contributed by atoms with van der Waals surface area (Å²) in [5, 5.41) is 0. The molecule has 7 heteroatoms. The number of aromatic nitrogens is 2. The van der Waals surface area contributed by atoms with Gasteiger partial charge in [0.1, 0.15) is 6.33 Å². The zero-order valence-corrected chi connectivity index (χ0v) is 14.8. The molecule has 1 amide bonds. The Hall–Kier alpha value is -2.54. The molecule has 2 heterocycles. The van der Waals surface area contributed by atoms with Gasteiger partial charge in [-0.1, -0.05) is 0 Å². The van der Waals surface area contributed by atoms with Crippen LogP contribution in [0.2, 0.25) is 0 Å². The Balaban J connectivity index is 1.78. The van der Waals surface area contributed by atoms with E-state index in [-0.39, 0.29) is 12.1 Å². The third-order valence-corrected chi connectivity index (χ3v) is 4.52. The van der Waals surface area contributed by atoms with Gasteiger partial charge in [-0.3, -0.25) is 4.57 Å². The fourth-order valence-electron chi connectivity index (χ4n) is 2.98. The maximum Gasteiger partial charge on any atom is 0.329 e. The van der Waals surface area contributed by atoms with Crippen molar-refractivity contribution in [3.05, 3.63) is 30.7 Å². The van der Waals surface area contributed by atoms with E-state index >= 15 is 0 Å². The molecular weight excluding hydrogens is 322 g/mol. The lowest BCUT2D eigenvalue weighted by atomic mass is 10.1. The van der Waals surface area contributed by atoms with Gasteiger partial charge in [0.25, 0.3) is 0 Å². The minimum Gasteiger partial charge on any atom is -0.493 e. The van der Waals surface area contributed by atoms with E-state index in [0.29, 0.717) is 30.4 Å². The molecule has 134 valence electrons. The van der Waals surface area contributed by atoms with Gasteiger partial charge in [0.05, 0.1) is 19.9 Å². The molecule has 1 aromatic heterocycles. The molecule has 1 saturated heterocycles. The molecular formula is C18H23N3O4. The molecule has 2 aromatic rings. The summed E-state index contributed by atoms with van der Waals surface area (Å²) in [6, 6.07) is 5.67. The summed E-state index contributed by atoms with van der Waals surface area (Å²) in [5.41, 5.74) is 1.56. The monoisotopic (exact) mass is 345 g/mol. The molecule has 1 aromatic carbocycles. The number of carbonyl (C=O) groups is 1. The van der Waals surface area contributed by atoms with Crippen LogP contribution in [-0.4, -0.2) is 61.0 Å². The van der Waals surface area contributed by atoms with Crippen LogP contribution in [-0.2, 0) is 4.74 Å². The molecule has 1 fully saturated rings. The van der Waals surface area contributed by atoms with E-state index in [9.17, 15) is 4.79 Å². The molecule has 0 spiro atoms. The molecule has 0 unspecified atom stereocenters. The van der Waals surface area contributed by atoms with E-state index in [0.717, 1.165) is 18.4 Å². The van der Waals surface area contributed by atoms with Crippen LogP contribution in [0.5, 0.6) is 11.5 Å². The average molecular weight is 345 g/mol. The number of hydrogen-bond acceptors (Lipinski definition) is 5. The van der Waals surface area contributed by atoms with Gasteiger partial charge in [0, 0.05) is 38.1 Å². The summed E-state index contributed by atoms with van der Waals surface area (Å²) >= 11 is 0. The predicted octanol–water partition coefficient (Wildman–Crippen LogP) is 2.65. The van der Waals surface area contributed by atoms with Crippen LogP contribution in [0.4, 0.5) is 4.79 Å². The molecule has 3 rings (SSSR count). The summed E-state index contributed by atoms with van der Waals surface area (Å²) in [7, 11) is 5.01. The van der Waals surface area contributed by atoms with Crippen molar-refractivity contribution in [1.82, 2.24) is 14.5 Å². The van der Waals surface area contributed by atoms with Crippen molar-refractivity contribution in [3.8, 4) is 22.8 Å². The molecule has 7 nitrogen and oxygen atoms in total. The van der Waals surface area contributed by atoms with E-state index in [4.69, 9.17) is 14.2 Å². The van der Waals surface area contributed by atoms with E-state index in [1.165, 1.54) is 4.57 Å². The van der Waals surface area contributed by atoms with Gasteiger partial charge in [-0.25, -0.2) is 9.78 Å². The van der Waals surface area contributed by atoms with Crippen molar-refractivity contribution in [2.24, 2.45) is 0 Å². The van der Waals surface area contributed by atoms with Crippen LogP contribution >= 0.6 is 0 Å². The first-order valence-corrected chi connectivity index (χ1v) is 8.25. The highest BCUT2D eigenvalue weighted by atomic mass is 16.5. The van der Waals surface area contributed by atoms with Crippen molar-refractivity contribution in [1.29, 1.82) is 0 Å². The number of carbonyl (C=O) groups excluding carboxylic acids is 1. The van der Waals surface area contributed by atoms with Gasteiger partial charge in [0.2, 0.25) is 0 Å². The number of benzene rings is 1. The second-order valence-corrected chi connectivity index (χ2v) is 5.97. The average Bonchev–Trinajstić information content (AvgIpc) is 3.17. The highest BCUT2D eigenvalue weighted by molar-refractivity contribution is 5.78. The number of amides is 1. The molecule has 0 atom stereocenters. The fourth-order valence-corrected chi connectivity index (χ4v) is 2.98. The lowest BCUT2D eigenvalue weighted by molar-refractivity contribution is 0.0528. The predicted molar refractivity (Wildman–Crippen MR) is 93.2 cm³/mol. The van der Waals surface area contributed by atoms with Gasteiger partial charge in [0.15, 0.2) is 11.5 Å². The third-order valence-electron chi connectivity index (χ3n) is 4.52. The lowest BCUT2D eigenvalue weighted by Crippen LogP contribution is -2.42. The number of hydrogen-bond donors (Lipinski definition) is 0. The van der Waals surface area contributed by atoms with E-state index < -0.39 is 0 Å². The van der Waals surface area contributed by atoms with Crippen molar-refractivity contribution in [2.45, 2.75) is 18.9 Å². The Kier molecular flexibility index (Phi) is 5.23. The molecule has 1 aliphatic heterocycles. The first-order chi connectivity index (χ1) is 12.1. The molecule has 0 radical (unpaired) electrons. The SMILES string of the molecule is COc1ccc(-c2cn(C(=O)N(C)C3CCOCC3)cn2)cc1OC. The van der Waals surface area contributed by atoms with Crippen LogP contribution in [0.1, 0.15) is 12.8 Å². The van der Waals surface area contributed by atoms with Crippen LogP contribution in [0.25, 0.3) is 11.3 Å². The molecule has 0 N–H and O–H groups in total. The highest BCUT2D eigenvalue weighted by Crippen LogP contribution is 2.31. The van der Waals surface area contributed by atoms with Crippen molar-refractivity contribution >= 4 is 6.03 Å². The number of imidazole rings is 1. The smallest absolute Gasteiger partial charge is 0.329 e. The largest absolute Gasteiger partial charge is 0.493 e. The van der Waals surface area contributed by atoms with E-state index in [1.54, 1.807) is 31.6 Å². The van der Waals surface area contributed by atoms with E-state index in [1.807, 2.05) is 25.2 Å². The van der Waals surface area contributed by atoms with Crippen LogP contribution < -0.4 is 9.47 Å². The van der Waals surface area contributed by atoms with E-state index in [2.05, 4.69) is 4.98 Å². The van der Waals surface area contributed by atoms with Gasteiger partial charge in [-0.2, -0.15) is 0 Å². The zero-order valence-electron chi connectivity index (χ0n) is 14.8. The van der Waals surface area contributed by atoms with Crippen molar-refractivity contribution in [3.63, 3.8) is 0 Å². The Labute approximate surface area is 147 Å². The number of methoxy groups -OCH3 is 2. The maximum absolute atomic E-state index is 12.7. The van der Waals surface area contributed by atoms with Gasteiger partial charge in [-0.15, -0.1) is 0 Å². The highest BCUT2D eigenvalue weighted by Gasteiger charge is 2.23. The Morgan fingerprint density at radius 3 is 2.64 bits per heavy atom. The standard InChI is InChI=1S/C18H23N3O4/c1-20(14-6-8-25-9-7-14)18(22)21-11-15(19-12-21)13-4-5-16(23-2)17(10-13)24-3/h4-5,10-12,14H,6-9H2,1-3H3. The van der Waals surface area contributed by atoms with Crippen molar-refractivity contribution in [2.75, 3.05) is 34.5 Å². The number of nitrogens with zero attached hydrogens (tertiary/aromatic N) is 3. The number of rotatable bonds is 4. The van der Waals surface area contributed by atoms with Gasteiger partial charge >= 0.3 is 6.03 Å². The summed E-state index contributed by atoms with van der Waals surface area (Å²) in [6.45, 7) is 1.40. The fraction of sp³-hybridized carbons (Fsp3) is 0.444. The zero-order chi connectivity index (χ0) is 17.8. The summed E-state index contributed by atoms with van der Waals surface area (Å²) in [4.78, 5) is 18.8. The summed E-state index contributed by atoms with van der Waals surface area (Å²) in [6.07, 6.45) is 5.00. The Morgan fingerprint density at radius 2 is 1.96 bits per heavy atom. The number of ether oxygens (including phenoxy) is 3. The summed E-state index contributed by atoms with van der Waals surface area (Å²) < 4.78 is 17.4. The van der Waals surface area contributed by atoms with Crippen molar-refractivity contribution < 1.29 is 19.0 Å². The Morgan fingerprint density at radius 1 is 1.24 bits per heavy atom. The first-order valence-electron chi connectivity index (χ1n) is 8.25. The quantitative estimate of drug-likeness (QED) is 0.852. The topological polar surface area (TPSA) is 65.8 Å². The second-order valence-electron chi connectivity index (χ2n) is 5.97.